The van der Waals surface area contributed by atoms with Gasteiger partial charge in [0.2, 0.25) is 11.8 Å². The molecule has 27 nitrogen and oxygen atoms in total. The molecule has 2 aromatic heterocycles. The predicted molar refractivity (Wildman–Crippen MR) is 197 cm³/mol. The molecule has 330 valence electrons. The molecule has 0 aliphatic carbocycles. The van der Waals surface area contributed by atoms with Gasteiger partial charge in [-0.1, -0.05) is 25.6 Å². The number of imidazole rings is 1. The molecule has 1 saturated heterocycles. The first-order valence-electron chi connectivity index (χ1n) is 16.6. The second kappa shape index (κ2) is 22.6. The van der Waals surface area contributed by atoms with Crippen LogP contribution in [-0.4, -0.2) is 145 Å². The number of phosphoric acid groups is 3. The number of amides is 2. The number of nitrogens with one attached hydrogen (secondary N) is 2. The fourth-order valence-electron chi connectivity index (χ4n) is 4.56. The Morgan fingerprint density at radius 2 is 1.69 bits per heavy atom. The van der Waals surface area contributed by atoms with Crippen LogP contribution in [0.4, 0.5) is 5.82 Å². The molecule has 58 heavy (non-hydrogen) atoms. The van der Waals surface area contributed by atoms with E-state index in [2.05, 4.69) is 34.4 Å². The van der Waals surface area contributed by atoms with Crippen molar-refractivity contribution in [2.75, 3.05) is 44.4 Å². The number of nitrogen functional groups attached to an aromatic ring is 1. The zero-order valence-electron chi connectivity index (χ0n) is 31.0. The fourth-order valence-corrected chi connectivity index (χ4v) is 7.88. The minimum Gasteiger partial charge on any atom is -0.481 e. The lowest BCUT2D eigenvalue weighted by molar-refractivity contribution is -0.138. The summed E-state index contributed by atoms with van der Waals surface area (Å²) in [4.78, 5) is 95.6. The van der Waals surface area contributed by atoms with Crippen LogP contribution in [0.5, 0.6) is 0 Å². The molecule has 3 rings (SSSR count). The van der Waals surface area contributed by atoms with E-state index in [1.54, 1.807) is 0 Å². The van der Waals surface area contributed by atoms with Crippen LogP contribution in [0.15, 0.2) is 12.7 Å². The molecule has 2 amide bonds. The number of aliphatic carboxylic acids is 1. The van der Waals surface area contributed by atoms with Crippen LogP contribution in [0.1, 0.15) is 46.3 Å². The number of thioether (sulfide) groups is 1. The van der Waals surface area contributed by atoms with E-state index in [-0.39, 0.29) is 54.6 Å². The number of ether oxygens (including phenoxy) is 1. The van der Waals surface area contributed by atoms with Crippen LogP contribution in [0.2, 0.25) is 0 Å². The molecular weight excluding hydrogens is 867 g/mol. The topological polar surface area (TPSA) is 421 Å². The number of rotatable bonds is 22. The van der Waals surface area contributed by atoms with Crippen LogP contribution in [-0.2, 0) is 55.5 Å². The lowest BCUT2D eigenvalue weighted by atomic mass is 9.87. The van der Waals surface area contributed by atoms with Crippen LogP contribution in [0.3, 0.4) is 0 Å². The SMILES string of the molecule is CC(=O)SCCNC(=O)CCNC(=O)[C@H](O)C(C)(C)COP(=O)(O)OP(=O)(O)OC[C@H]1O[C@@H](n2cnc3c(N)ncnc32)[C@H](O)[C@@H]1OP(=O)(O)O.O=C(O)CCCO. The molecule has 3 heterocycles. The summed E-state index contributed by atoms with van der Waals surface area (Å²) in [6.45, 7) is 1.87. The molecule has 7 atom stereocenters. The van der Waals surface area contributed by atoms with E-state index in [1.165, 1.54) is 20.8 Å². The number of carboxylic acid groups (broad SMARTS) is 1. The minimum atomic E-state index is -5.56. The smallest absolute Gasteiger partial charge is 0.481 e. The maximum absolute atomic E-state index is 12.6. The zero-order chi connectivity index (χ0) is 44.1. The number of hydrogen-bond donors (Lipinski definition) is 11. The quantitative estimate of drug-likeness (QED) is 0.0474. The van der Waals surface area contributed by atoms with Gasteiger partial charge in [0.15, 0.2) is 22.8 Å². The fraction of sp³-hybridized carbons (Fsp3) is 0.667. The van der Waals surface area contributed by atoms with Gasteiger partial charge in [-0.2, -0.15) is 4.31 Å². The number of nitrogens with zero attached hydrogens (tertiary/aromatic N) is 4. The van der Waals surface area contributed by atoms with Crippen molar-refractivity contribution in [2.45, 2.75) is 70.7 Å². The Hall–Kier alpha value is -3.01. The molecule has 0 spiro atoms. The number of hydrogen-bond acceptors (Lipinski definition) is 20. The number of carbonyl (C=O) groups is 4. The number of phosphoric ester groups is 3. The number of aliphatic hydroxyl groups excluding tert-OH is 3. The average Bonchev–Trinajstić information content (AvgIpc) is 3.67. The van der Waals surface area contributed by atoms with E-state index in [9.17, 15) is 62.7 Å². The minimum absolute atomic E-state index is 0.0310. The van der Waals surface area contributed by atoms with Gasteiger partial charge in [-0.25, -0.2) is 28.6 Å². The van der Waals surface area contributed by atoms with Crippen LogP contribution in [0.25, 0.3) is 11.2 Å². The molecule has 0 saturated carbocycles. The zero-order valence-corrected chi connectivity index (χ0v) is 34.5. The van der Waals surface area contributed by atoms with Gasteiger partial charge >= 0.3 is 29.4 Å². The number of carboxylic acids is 1. The molecule has 0 radical (unpaired) electrons. The predicted octanol–water partition coefficient (Wildman–Crippen LogP) is -1.47. The van der Waals surface area contributed by atoms with Crippen LogP contribution < -0.4 is 16.4 Å². The Morgan fingerprint density at radius 3 is 2.28 bits per heavy atom. The lowest BCUT2D eigenvalue weighted by Crippen LogP contribution is -2.46. The number of aliphatic hydroxyl groups is 3. The van der Waals surface area contributed by atoms with Crippen LogP contribution in [0, 0.1) is 5.41 Å². The number of nitrogens with two attached hydrogens (primary N) is 1. The molecule has 1 aliphatic heterocycles. The summed E-state index contributed by atoms with van der Waals surface area (Å²) in [5.41, 5.74) is 4.26. The highest BCUT2D eigenvalue weighted by Gasteiger charge is 2.50. The highest BCUT2D eigenvalue weighted by molar-refractivity contribution is 8.13. The Labute approximate surface area is 333 Å². The van der Waals surface area contributed by atoms with E-state index in [1.807, 2.05) is 0 Å². The van der Waals surface area contributed by atoms with Gasteiger partial charge in [-0.3, -0.25) is 37.3 Å². The van der Waals surface area contributed by atoms with E-state index in [0.29, 0.717) is 12.2 Å². The Balaban J connectivity index is 0.00000151. The van der Waals surface area contributed by atoms with E-state index in [0.717, 1.165) is 29.0 Å². The average molecular weight is 914 g/mol. The third kappa shape index (κ3) is 17.3. The summed E-state index contributed by atoms with van der Waals surface area (Å²) < 4.78 is 61.8. The number of anilines is 1. The van der Waals surface area contributed by atoms with Gasteiger partial charge < -0.3 is 61.1 Å². The van der Waals surface area contributed by atoms with E-state index >= 15 is 0 Å². The van der Waals surface area contributed by atoms with Gasteiger partial charge in [-0.05, 0) is 6.42 Å². The van der Waals surface area contributed by atoms with Crippen molar-refractivity contribution < 1.29 is 95.5 Å². The van der Waals surface area contributed by atoms with Gasteiger partial charge in [0.05, 0.1) is 19.5 Å². The summed E-state index contributed by atoms with van der Waals surface area (Å²) in [5.74, 6) is -1.94. The third-order valence-electron chi connectivity index (χ3n) is 7.36. The maximum atomic E-state index is 12.6. The molecule has 1 aliphatic rings. The van der Waals surface area contributed by atoms with Crippen molar-refractivity contribution in [1.29, 1.82) is 0 Å². The molecule has 2 aromatic rings. The van der Waals surface area contributed by atoms with Crippen molar-refractivity contribution in [1.82, 2.24) is 30.2 Å². The summed E-state index contributed by atoms with van der Waals surface area (Å²) >= 11 is 1.03. The van der Waals surface area contributed by atoms with Gasteiger partial charge in [0.1, 0.15) is 36.3 Å². The van der Waals surface area contributed by atoms with E-state index in [4.69, 9.17) is 29.7 Å². The van der Waals surface area contributed by atoms with Crippen LogP contribution >= 0.6 is 35.2 Å². The summed E-state index contributed by atoms with van der Waals surface area (Å²) in [6.07, 6.45) is -6.46. The van der Waals surface area contributed by atoms with E-state index < -0.39 is 90.5 Å². The molecule has 0 aromatic carbocycles. The van der Waals surface area contributed by atoms with Crippen molar-refractivity contribution >= 4 is 75.1 Å². The Kier molecular flexibility index (Phi) is 19.9. The number of carbonyl (C=O) groups excluding carboxylic acids is 3. The molecule has 2 unspecified atom stereocenters. The molecular formula is C27H46N7O20P3S. The summed E-state index contributed by atoms with van der Waals surface area (Å²) in [7, 11) is -16.4. The number of fused-ring (bicyclic) bond motifs is 1. The third-order valence-corrected chi connectivity index (χ3v) is 11.3. The Bertz CT molecular complexity index is 1870. The monoisotopic (exact) mass is 913 g/mol. The molecule has 12 N–H and O–H groups in total. The highest BCUT2D eigenvalue weighted by Crippen LogP contribution is 2.61. The largest absolute Gasteiger partial charge is 0.481 e. The normalized spacial score (nSPS) is 20.9. The second-order valence-electron chi connectivity index (χ2n) is 12.6. The van der Waals surface area contributed by atoms with Gasteiger partial charge in [-0.15, -0.1) is 0 Å². The molecule has 1 fully saturated rings. The second-order valence-corrected chi connectivity index (χ2v) is 18.1. The lowest BCUT2D eigenvalue weighted by Gasteiger charge is -2.30. The number of aromatic nitrogens is 4. The summed E-state index contributed by atoms with van der Waals surface area (Å²) in [5, 5.41) is 42.0. The maximum Gasteiger partial charge on any atom is 0.481 e. The molecule has 0 bridgehead atoms. The van der Waals surface area contributed by atoms with Crippen molar-refractivity contribution in [2.24, 2.45) is 5.41 Å². The summed E-state index contributed by atoms with van der Waals surface area (Å²) in [6, 6.07) is 0. The first-order valence-corrected chi connectivity index (χ1v) is 22.1. The first kappa shape index (κ1) is 51.1. The highest BCUT2D eigenvalue weighted by atomic mass is 32.2. The van der Waals surface area contributed by atoms with Crippen molar-refractivity contribution in [3.8, 4) is 0 Å². The molecule has 31 heteroatoms. The van der Waals surface area contributed by atoms with Crippen molar-refractivity contribution in [3.05, 3.63) is 12.7 Å². The first-order chi connectivity index (χ1) is 26.8. The van der Waals surface area contributed by atoms with Gasteiger partial charge in [0.25, 0.3) is 0 Å². The standard InChI is InChI=1S/C23H38N7O17P3S.C4H8O3/c1-12(31)51-7-6-25-14(32)4-5-26-21(35)18(34)23(2,3)9-44-50(41,42)47-49(39,40)43-8-13-17(46-48(36,37)38)16(33)22(45-13)30-11-29-15-19(24)27-10-28-20(15)30;5-3-1-2-4(6)7/h10-11,13,16-18,22,33-34H,4-9H2,1-3H3,(H,25,32)(H,26,35)(H,39,40)(H,41,42)(H2,24,27,28)(H2,36,37,38);5H,1-3H2,(H,6,7)/t13-,16-,17-,18+,22-;/m1./s1. The van der Waals surface area contributed by atoms with Gasteiger partial charge in [0, 0.05) is 50.6 Å². The Morgan fingerprint density at radius 1 is 1.03 bits per heavy atom. The van der Waals surface area contributed by atoms with Crippen molar-refractivity contribution in [3.63, 3.8) is 0 Å².